The van der Waals surface area contributed by atoms with Gasteiger partial charge in [0.05, 0.1) is 70.3 Å². The first-order valence-corrected chi connectivity index (χ1v) is 28.1. The van der Waals surface area contributed by atoms with E-state index in [-0.39, 0.29) is 46.1 Å². The van der Waals surface area contributed by atoms with Gasteiger partial charge in [0.1, 0.15) is 11.5 Å². The summed E-state index contributed by atoms with van der Waals surface area (Å²) in [5.41, 5.74) is 5.55. The van der Waals surface area contributed by atoms with Gasteiger partial charge in [-0.1, -0.05) is 60.3 Å². The lowest BCUT2D eigenvalue weighted by Gasteiger charge is -2.20. The van der Waals surface area contributed by atoms with E-state index in [0.717, 1.165) is 0 Å². The number of hydrogen-bond acceptors (Lipinski definition) is 14. The van der Waals surface area contributed by atoms with Crippen LogP contribution < -0.4 is 21.9 Å². The molecule has 86 heavy (non-hydrogen) atoms. The second-order valence-corrected chi connectivity index (χ2v) is 21.8. The second kappa shape index (κ2) is 24.7. The van der Waals surface area contributed by atoms with Crippen LogP contribution >= 0.6 is 23.2 Å². The van der Waals surface area contributed by atoms with Crippen LogP contribution in [0.15, 0.2) is 141 Å². The van der Waals surface area contributed by atoms with Gasteiger partial charge in [0.15, 0.2) is 0 Å². The standard InChI is InChI=1S/2C30H26ClF2N7O3/c2*1-16-4-3-5-20(23-12-18(10-11-34-23)27-24(36-28(16)41)14-35-40(27)30(32)33)21-7-9-26(43-29(21)42)22-13-19(31)6-8-25(22)39-15-17(2)37-38-39/h2*6-16,20,30H,3-5H2,1-2H3,(H,36,41)/t2*16-,20?/m11/s1. The number of carbonyl (C=O) groups is 2. The van der Waals surface area contributed by atoms with Gasteiger partial charge in [0.2, 0.25) is 11.8 Å². The molecule has 0 aliphatic carbocycles. The van der Waals surface area contributed by atoms with Crippen molar-refractivity contribution in [2.75, 3.05) is 10.6 Å². The van der Waals surface area contributed by atoms with Crippen LogP contribution in [0.3, 0.4) is 0 Å². The van der Waals surface area contributed by atoms with Crippen molar-refractivity contribution < 1.29 is 36.0 Å². The highest BCUT2D eigenvalue weighted by atomic mass is 35.5. The van der Waals surface area contributed by atoms with Gasteiger partial charge >= 0.3 is 24.3 Å². The third-order valence-corrected chi connectivity index (χ3v) is 15.5. The lowest BCUT2D eigenvalue weighted by molar-refractivity contribution is -0.120. The highest BCUT2D eigenvalue weighted by Gasteiger charge is 2.30. The van der Waals surface area contributed by atoms with Gasteiger partial charge in [0.25, 0.3) is 0 Å². The van der Waals surface area contributed by atoms with Crippen LogP contribution in [0.5, 0.6) is 0 Å². The van der Waals surface area contributed by atoms with Gasteiger partial charge in [-0.2, -0.15) is 27.8 Å². The minimum absolute atomic E-state index is 0.0535. The van der Waals surface area contributed by atoms with Gasteiger partial charge in [-0.15, -0.1) is 10.2 Å². The molecule has 2 aliphatic heterocycles. The zero-order valence-corrected chi connectivity index (χ0v) is 47.8. The number of alkyl halides is 4. The Bertz CT molecular complexity index is 4040. The maximum absolute atomic E-state index is 13.9. The molecule has 0 radical (unpaired) electrons. The molecule has 0 saturated heterocycles. The summed E-state index contributed by atoms with van der Waals surface area (Å²) in [5, 5.41) is 30.4. The number of halogens is 6. The number of aryl methyl sites for hydroxylation is 2. The summed E-state index contributed by atoms with van der Waals surface area (Å²) < 4.78 is 71.7. The van der Waals surface area contributed by atoms with E-state index in [9.17, 15) is 36.7 Å². The van der Waals surface area contributed by atoms with Crippen molar-refractivity contribution in [3.63, 3.8) is 0 Å². The number of hydrogen-bond donors (Lipinski definition) is 2. The number of aromatic nitrogens is 12. The topological polar surface area (TPSA) is 241 Å². The van der Waals surface area contributed by atoms with Crippen LogP contribution in [0.4, 0.5) is 28.9 Å². The molecule has 2 amide bonds. The van der Waals surface area contributed by atoms with E-state index < -0.39 is 48.0 Å². The molecular formula is C60H52Cl2F4N14O6. The number of pyridine rings is 2. The first kappa shape index (κ1) is 58.4. The Morgan fingerprint density at radius 3 is 1.35 bits per heavy atom. The predicted octanol–water partition coefficient (Wildman–Crippen LogP) is 12.8. The zero-order chi connectivity index (χ0) is 60.5. The highest BCUT2D eigenvalue weighted by molar-refractivity contribution is 6.31. The molecule has 2 N–H and O–H groups in total. The Balaban J connectivity index is 0.000000179. The van der Waals surface area contributed by atoms with Crippen LogP contribution in [0.1, 0.15) is 111 Å². The van der Waals surface area contributed by atoms with Gasteiger partial charge in [-0.05, 0) is 124 Å². The van der Waals surface area contributed by atoms with Crippen LogP contribution in [0.2, 0.25) is 10.0 Å². The molecule has 26 heteroatoms. The number of rotatable bonds is 8. The Morgan fingerprint density at radius 1 is 0.558 bits per heavy atom. The van der Waals surface area contributed by atoms with E-state index >= 15 is 0 Å². The molecule has 2 aliphatic rings. The molecule has 4 bridgehead atoms. The summed E-state index contributed by atoms with van der Waals surface area (Å²) in [4.78, 5) is 62.0. The van der Waals surface area contributed by atoms with E-state index in [1.807, 2.05) is 13.8 Å². The molecule has 10 aromatic rings. The average Bonchev–Trinajstić information content (AvgIpc) is 1.70. The Labute approximate surface area is 496 Å². The minimum Gasteiger partial charge on any atom is -0.422 e. The van der Waals surface area contributed by atoms with Crippen molar-refractivity contribution in [3.05, 3.63) is 187 Å². The van der Waals surface area contributed by atoms with Crippen LogP contribution in [0.25, 0.3) is 56.5 Å². The summed E-state index contributed by atoms with van der Waals surface area (Å²) in [7, 11) is 0. The molecule has 440 valence electrons. The third-order valence-electron chi connectivity index (χ3n) is 15.1. The molecule has 0 saturated carbocycles. The molecule has 2 aromatic carbocycles. The number of amides is 2. The van der Waals surface area contributed by atoms with E-state index in [4.69, 9.17) is 32.0 Å². The summed E-state index contributed by atoms with van der Waals surface area (Å²) in [6, 6.07) is 23.5. The van der Waals surface area contributed by atoms with E-state index in [0.29, 0.717) is 125 Å². The number of nitrogens with one attached hydrogen (secondary N) is 2. The maximum atomic E-state index is 13.9. The fraction of sp³-hybridized carbons (Fsp3) is 0.267. The lowest BCUT2D eigenvalue weighted by Crippen LogP contribution is -2.22. The van der Waals surface area contributed by atoms with Crippen LogP contribution in [-0.2, 0) is 9.59 Å². The molecule has 20 nitrogen and oxygen atoms in total. The minimum atomic E-state index is -2.93. The molecule has 8 aromatic heterocycles. The van der Waals surface area contributed by atoms with Crippen molar-refractivity contribution in [1.82, 2.24) is 59.5 Å². The summed E-state index contributed by atoms with van der Waals surface area (Å²) in [6.45, 7) is 1.30. The third kappa shape index (κ3) is 12.1. The summed E-state index contributed by atoms with van der Waals surface area (Å²) in [5.74, 6) is -1.90. The van der Waals surface area contributed by atoms with E-state index in [1.165, 1.54) is 24.8 Å². The Kier molecular flexibility index (Phi) is 16.7. The maximum Gasteiger partial charge on any atom is 0.340 e. The van der Waals surface area contributed by atoms with Gasteiger partial charge in [-0.3, -0.25) is 19.6 Å². The van der Waals surface area contributed by atoms with E-state index in [1.54, 1.807) is 121 Å². The predicted molar refractivity (Wildman–Crippen MR) is 311 cm³/mol. The van der Waals surface area contributed by atoms with E-state index in [2.05, 4.69) is 51.4 Å². The Morgan fingerprint density at radius 2 is 0.977 bits per heavy atom. The summed E-state index contributed by atoms with van der Waals surface area (Å²) in [6.07, 6.45) is 12.1. The monoisotopic (exact) mass is 1210 g/mol. The summed E-state index contributed by atoms with van der Waals surface area (Å²) >= 11 is 12.6. The van der Waals surface area contributed by atoms with Crippen molar-refractivity contribution in [2.45, 2.75) is 91.2 Å². The SMILES string of the molecule is Cc1cn(-c2ccc(Cl)cc2-c2ccc(C3CCC[C@@H](C)C(=O)Nc4cnn(C(F)F)c4-c4ccnc3c4)c(=O)o2)nn1.Cc1cn(-c2ccc(Cl)cc2-c2ccc(C3CCC[C@@H](C)C(=O)Nc4cnn(C(F)F)c4-c4ccnc3c4)c(=O)o2)nn1. The largest absolute Gasteiger partial charge is 0.422 e. The van der Waals surface area contributed by atoms with Gasteiger partial charge in [0, 0.05) is 90.9 Å². The normalized spacial score (nSPS) is 17.2. The molecule has 4 atom stereocenters. The first-order valence-electron chi connectivity index (χ1n) is 27.3. The van der Waals surface area contributed by atoms with Gasteiger partial charge < -0.3 is 19.5 Å². The molecule has 10 heterocycles. The average molecular weight is 1210 g/mol. The molecule has 12 rings (SSSR count). The molecule has 0 spiro atoms. The second-order valence-electron chi connectivity index (χ2n) is 21.0. The van der Waals surface area contributed by atoms with Crippen LogP contribution in [-0.4, -0.2) is 71.3 Å². The zero-order valence-electron chi connectivity index (χ0n) is 46.3. The first-order chi connectivity index (χ1) is 41.4. The lowest BCUT2D eigenvalue weighted by atomic mass is 9.88. The Hall–Kier alpha value is -9.42. The molecule has 0 fully saturated rings. The van der Waals surface area contributed by atoms with Crippen molar-refractivity contribution in [2.24, 2.45) is 11.8 Å². The number of nitrogens with zero attached hydrogens (tertiary/aromatic N) is 12. The molecule has 2 unspecified atom stereocenters. The van der Waals surface area contributed by atoms with Crippen molar-refractivity contribution in [1.29, 1.82) is 0 Å². The van der Waals surface area contributed by atoms with Crippen molar-refractivity contribution >= 4 is 46.4 Å². The molecular weight excluding hydrogens is 1160 g/mol. The fourth-order valence-electron chi connectivity index (χ4n) is 10.7. The quantitative estimate of drug-likeness (QED) is 0.135. The number of fused-ring (bicyclic) bond motifs is 8. The van der Waals surface area contributed by atoms with Gasteiger partial charge in [-0.25, -0.2) is 28.3 Å². The number of benzene rings is 2. The highest BCUT2D eigenvalue weighted by Crippen LogP contribution is 2.40. The smallest absolute Gasteiger partial charge is 0.340 e. The number of carbonyl (C=O) groups excluding carboxylic acids is 2. The van der Waals surface area contributed by atoms with Crippen molar-refractivity contribution in [3.8, 4) is 56.5 Å². The number of anilines is 2. The fourth-order valence-corrected chi connectivity index (χ4v) is 11.1. The van der Waals surface area contributed by atoms with Crippen LogP contribution in [0, 0.1) is 25.7 Å².